The van der Waals surface area contributed by atoms with Gasteiger partial charge in [-0.05, 0) is 23.8 Å². The molecular formula is C18H18N4O3. The SMILES string of the molecule is O=C(Cc1ccccc1)NCCC(=O)Nc1ccc2[nH]c(=O)[nH]c2c1. The van der Waals surface area contributed by atoms with Crippen LogP contribution in [-0.4, -0.2) is 28.3 Å². The lowest BCUT2D eigenvalue weighted by Gasteiger charge is -2.07. The van der Waals surface area contributed by atoms with Gasteiger partial charge in [0.05, 0.1) is 17.5 Å². The summed E-state index contributed by atoms with van der Waals surface area (Å²) in [6.07, 6.45) is 0.461. The van der Waals surface area contributed by atoms with Crippen molar-refractivity contribution >= 4 is 28.5 Å². The average molecular weight is 338 g/mol. The molecule has 7 nitrogen and oxygen atoms in total. The van der Waals surface area contributed by atoms with Gasteiger partial charge in [-0.15, -0.1) is 0 Å². The van der Waals surface area contributed by atoms with Gasteiger partial charge in [0.1, 0.15) is 0 Å². The summed E-state index contributed by atoms with van der Waals surface area (Å²) in [7, 11) is 0. The average Bonchev–Trinajstić information content (AvgIpc) is 2.95. The van der Waals surface area contributed by atoms with Gasteiger partial charge in [0, 0.05) is 18.7 Å². The van der Waals surface area contributed by atoms with E-state index in [4.69, 9.17) is 0 Å². The smallest absolute Gasteiger partial charge is 0.323 e. The number of aromatic amines is 2. The number of hydrogen-bond acceptors (Lipinski definition) is 3. The van der Waals surface area contributed by atoms with Crippen LogP contribution in [0.2, 0.25) is 0 Å². The molecule has 3 rings (SSSR count). The van der Waals surface area contributed by atoms with E-state index in [1.165, 1.54) is 0 Å². The molecule has 0 spiro atoms. The van der Waals surface area contributed by atoms with Gasteiger partial charge in [-0.3, -0.25) is 9.59 Å². The standard InChI is InChI=1S/C18H18N4O3/c23-16(8-9-19-17(24)10-12-4-2-1-3-5-12)20-13-6-7-14-15(11-13)22-18(25)21-14/h1-7,11H,8-10H2,(H,19,24)(H,20,23)(H2,21,22,25). The van der Waals surface area contributed by atoms with Crippen LogP contribution in [0, 0.1) is 0 Å². The van der Waals surface area contributed by atoms with Crippen molar-refractivity contribution in [1.29, 1.82) is 0 Å². The summed E-state index contributed by atoms with van der Waals surface area (Å²) in [6.45, 7) is 0.265. The second-order valence-electron chi connectivity index (χ2n) is 5.65. The summed E-state index contributed by atoms with van der Waals surface area (Å²) in [5.74, 6) is -0.331. The van der Waals surface area contributed by atoms with Crippen LogP contribution in [0.4, 0.5) is 5.69 Å². The van der Waals surface area contributed by atoms with E-state index in [0.717, 1.165) is 5.56 Å². The number of rotatable bonds is 6. The fraction of sp³-hybridized carbons (Fsp3) is 0.167. The van der Waals surface area contributed by atoms with Crippen molar-refractivity contribution in [3.05, 3.63) is 64.6 Å². The summed E-state index contributed by atoms with van der Waals surface area (Å²) >= 11 is 0. The molecule has 0 saturated heterocycles. The Bertz CT molecular complexity index is 944. The molecule has 4 N–H and O–H groups in total. The Morgan fingerprint density at radius 3 is 2.48 bits per heavy atom. The molecule has 0 bridgehead atoms. The van der Waals surface area contributed by atoms with Crippen molar-refractivity contribution in [1.82, 2.24) is 15.3 Å². The normalized spacial score (nSPS) is 10.6. The lowest BCUT2D eigenvalue weighted by atomic mass is 10.1. The predicted molar refractivity (Wildman–Crippen MR) is 95.3 cm³/mol. The number of benzene rings is 2. The zero-order valence-electron chi connectivity index (χ0n) is 13.5. The number of hydrogen-bond donors (Lipinski definition) is 4. The van der Waals surface area contributed by atoms with Crippen molar-refractivity contribution in [2.75, 3.05) is 11.9 Å². The molecule has 25 heavy (non-hydrogen) atoms. The summed E-state index contributed by atoms with van der Waals surface area (Å²) in [4.78, 5) is 40.3. The van der Waals surface area contributed by atoms with Crippen LogP contribution in [-0.2, 0) is 16.0 Å². The highest BCUT2D eigenvalue weighted by molar-refractivity contribution is 5.93. The Kier molecular flexibility index (Phi) is 4.94. The molecule has 0 aliphatic carbocycles. The molecule has 1 heterocycles. The highest BCUT2D eigenvalue weighted by atomic mass is 16.2. The molecular weight excluding hydrogens is 320 g/mol. The molecule has 0 unspecified atom stereocenters. The highest BCUT2D eigenvalue weighted by Gasteiger charge is 2.07. The molecule has 0 fully saturated rings. The first kappa shape index (κ1) is 16.5. The fourth-order valence-electron chi connectivity index (χ4n) is 2.49. The number of H-pyrrole nitrogens is 2. The van der Waals surface area contributed by atoms with Crippen LogP contribution in [0.1, 0.15) is 12.0 Å². The summed E-state index contributed by atoms with van der Waals surface area (Å²) in [5, 5.41) is 5.47. The second-order valence-corrected chi connectivity index (χ2v) is 5.65. The Hall–Kier alpha value is -3.35. The zero-order chi connectivity index (χ0) is 17.6. The maximum atomic E-state index is 12.0. The number of amides is 2. The van der Waals surface area contributed by atoms with Crippen LogP contribution in [0.25, 0.3) is 11.0 Å². The zero-order valence-corrected chi connectivity index (χ0v) is 13.5. The third kappa shape index (κ3) is 4.57. The summed E-state index contributed by atoms with van der Waals surface area (Å²) in [6, 6.07) is 14.5. The van der Waals surface area contributed by atoms with Crippen LogP contribution >= 0.6 is 0 Å². The third-order valence-corrected chi connectivity index (χ3v) is 3.68. The van der Waals surface area contributed by atoms with Gasteiger partial charge in [-0.25, -0.2) is 4.79 Å². The van der Waals surface area contributed by atoms with Crippen LogP contribution < -0.4 is 16.3 Å². The van der Waals surface area contributed by atoms with Crippen molar-refractivity contribution in [2.24, 2.45) is 0 Å². The van der Waals surface area contributed by atoms with Crippen molar-refractivity contribution in [2.45, 2.75) is 12.8 Å². The van der Waals surface area contributed by atoms with Crippen molar-refractivity contribution in [3.63, 3.8) is 0 Å². The second kappa shape index (κ2) is 7.48. The number of aromatic nitrogens is 2. The first-order valence-electron chi connectivity index (χ1n) is 7.93. The van der Waals surface area contributed by atoms with E-state index in [1.54, 1.807) is 18.2 Å². The van der Waals surface area contributed by atoms with Gasteiger partial charge in [0.2, 0.25) is 11.8 Å². The van der Waals surface area contributed by atoms with E-state index >= 15 is 0 Å². The Balaban J connectivity index is 1.45. The number of carbonyl (C=O) groups excluding carboxylic acids is 2. The molecule has 0 radical (unpaired) electrons. The maximum absolute atomic E-state index is 12.0. The molecule has 0 aliphatic rings. The van der Waals surface area contributed by atoms with E-state index in [2.05, 4.69) is 20.6 Å². The molecule has 2 amide bonds. The number of carbonyl (C=O) groups is 2. The molecule has 0 atom stereocenters. The Morgan fingerprint density at radius 1 is 0.920 bits per heavy atom. The first-order valence-corrected chi connectivity index (χ1v) is 7.93. The Labute approximate surface area is 143 Å². The van der Waals surface area contributed by atoms with Gasteiger partial charge < -0.3 is 20.6 Å². The molecule has 0 aliphatic heterocycles. The summed E-state index contributed by atoms with van der Waals surface area (Å²) < 4.78 is 0. The topological polar surface area (TPSA) is 107 Å². The minimum Gasteiger partial charge on any atom is -0.355 e. The van der Waals surface area contributed by atoms with Crippen molar-refractivity contribution in [3.8, 4) is 0 Å². The molecule has 128 valence electrons. The monoisotopic (exact) mass is 338 g/mol. The first-order chi connectivity index (χ1) is 12.1. The molecule has 1 aromatic heterocycles. The molecule has 2 aromatic carbocycles. The minimum absolute atomic E-state index is 0.120. The minimum atomic E-state index is -0.292. The lowest BCUT2D eigenvalue weighted by Crippen LogP contribution is -2.28. The van der Waals surface area contributed by atoms with Gasteiger partial charge in [-0.2, -0.15) is 0 Å². The van der Waals surface area contributed by atoms with Crippen LogP contribution in [0.5, 0.6) is 0 Å². The molecule has 0 saturated carbocycles. The molecule has 7 heteroatoms. The largest absolute Gasteiger partial charge is 0.355 e. The number of fused-ring (bicyclic) bond motifs is 1. The van der Waals surface area contributed by atoms with Crippen molar-refractivity contribution < 1.29 is 9.59 Å². The predicted octanol–water partition coefficient (Wildman–Crippen LogP) is 1.54. The van der Waals surface area contributed by atoms with E-state index in [0.29, 0.717) is 23.1 Å². The number of anilines is 1. The van der Waals surface area contributed by atoms with E-state index in [1.807, 2.05) is 30.3 Å². The van der Waals surface area contributed by atoms with Gasteiger partial charge in [0.15, 0.2) is 0 Å². The van der Waals surface area contributed by atoms with Gasteiger partial charge >= 0.3 is 5.69 Å². The van der Waals surface area contributed by atoms with Crippen LogP contribution in [0.15, 0.2) is 53.3 Å². The quantitative estimate of drug-likeness (QED) is 0.548. The number of imidazole rings is 1. The molecule has 3 aromatic rings. The maximum Gasteiger partial charge on any atom is 0.323 e. The third-order valence-electron chi connectivity index (χ3n) is 3.68. The van der Waals surface area contributed by atoms with Gasteiger partial charge in [-0.1, -0.05) is 30.3 Å². The summed E-state index contributed by atoms with van der Waals surface area (Å²) in [5.41, 5.74) is 2.52. The lowest BCUT2D eigenvalue weighted by molar-refractivity contribution is -0.120. The Morgan fingerprint density at radius 2 is 1.68 bits per heavy atom. The van der Waals surface area contributed by atoms with Crippen LogP contribution in [0.3, 0.4) is 0 Å². The number of nitrogens with one attached hydrogen (secondary N) is 4. The van der Waals surface area contributed by atoms with E-state index < -0.39 is 0 Å². The van der Waals surface area contributed by atoms with E-state index in [-0.39, 0.29) is 30.5 Å². The highest BCUT2D eigenvalue weighted by Crippen LogP contribution is 2.14. The fourth-order valence-corrected chi connectivity index (χ4v) is 2.49. The van der Waals surface area contributed by atoms with Gasteiger partial charge in [0.25, 0.3) is 0 Å². The van der Waals surface area contributed by atoms with E-state index in [9.17, 15) is 14.4 Å².